The summed E-state index contributed by atoms with van der Waals surface area (Å²) < 4.78 is 11.7. The molecule has 7 heteroatoms. The van der Waals surface area contributed by atoms with Crippen molar-refractivity contribution in [3.8, 4) is 16.9 Å². The topological polar surface area (TPSA) is 50.4 Å². The zero-order chi connectivity index (χ0) is 21.9. The molecule has 2 aromatic heterocycles. The third-order valence-electron chi connectivity index (χ3n) is 5.76. The summed E-state index contributed by atoms with van der Waals surface area (Å²) in [4.78, 5) is 11.6. The second-order valence-corrected chi connectivity index (χ2v) is 9.57. The van der Waals surface area contributed by atoms with Gasteiger partial charge in [-0.05, 0) is 47.2 Å². The van der Waals surface area contributed by atoms with E-state index in [1.165, 1.54) is 10.5 Å². The largest absolute Gasteiger partial charge is 0.490 e. The van der Waals surface area contributed by atoms with Crippen molar-refractivity contribution in [1.82, 2.24) is 14.9 Å². The molecule has 3 heterocycles. The van der Waals surface area contributed by atoms with Crippen LogP contribution in [0.5, 0.6) is 5.75 Å². The number of halogens is 1. The van der Waals surface area contributed by atoms with E-state index in [4.69, 9.17) is 21.1 Å². The van der Waals surface area contributed by atoms with Gasteiger partial charge in [-0.15, -0.1) is 11.8 Å². The number of rotatable bonds is 7. The highest BCUT2D eigenvalue weighted by molar-refractivity contribution is 7.99. The van der Waals surface area contributed by atoms with E-state index >= 15 is 0 Å². The van der Waals surface area contributed by atoms with Gasteiger partial charge in [0.2, 0.25) is 0 Å². The summed E-state index contributed by atoms with van der Waals surface area (Å²) in [7, 11) is 0. The molecule has 32 heavy (non-hydrogen) atoms. The van der Waals surface area contributed by atoms with Crippen LogP contribution in [0.15, 0.2) is 53.6 Å². The number of benzene rings is 2. The van der Waals surface area contributed by atoms with Crippen molar-refractivity contribution in [3.05, 3.63) is 53.7 Å². The molecule has 0 saturated carbocycles. The summed E-state index contributed by atoms with van der Waals surface area (Å²) in [5.41, 5.74) is 4.10. The molecule has 166 valence electrons. The van der Waals surface area contributed by atoms with Crippen molar-refractivity contribution in [2.75, 3.05) is 45.2 Å². The van der Waals surface area contributed by atoms with Gasteiger partial charge in [-0.25, -0.2) is 4.98 Å². The van der Waals surface area contributed by atoms with Gasteiger partial charge in [0, 0.05) is 41.5 Å². The van der Waals surface area contributed by atoms with Crippen molar-refractivity contribution >= 4 is 45.3 Å². The quantitative estimate of drug-likeness (QED) is 0.345. The van der Waals surface area contributed by atoms with Crippen LogP contribution in [0.1, 0.15) is 6.92 Å². The monoisotopic (exact) mass is 467 g/mol. The van der Waals surface area contributed by atoms with Gasteiger partial charge in [0.05, 0.1) is 23.8 Å². The van der Waals surface area contributed by atoms with E-state index in [0.29, 0.717) is 11.6 Å². The number of nitrogens with one attached hydrogen (secondary N) is 1. The number of aromatic amines is 1. The Balaban J connectivity index is 1.54. The minimum atomic E-state index is 0.623. The van der Waals surface area contributed by atoms with Crippen LogP contribution in [0.25, 0.3) is 33.1 Å². The van der Waals surface area contributed by atoms with Crippen molar-refractivity contribution in [2.45, 2.75) is 11.8 Å². The van der Waals surface area contributed by atoms with Crippen LogP contribution in [0.3, 0.4) is 0 Å². The average Bonchev–Trinajstić information content (AvgIpc) is 3.19. The first-order valence-corrected chi connectivity index (χ1v) is 12.4. The Labute approximate surface area is 197 Å². The number of thioether (sulfide) groups is 1. The fourth-order valence-electron chi connectivity index (χ4n) is 4.23. The van der Waals surface area contributed by atoms with Crippen molar-refractivity contribution in [2.24, 2.45) is 0 Å². The average molecular weight is 468 g/mol. The number of H-pyrrole nitrogens is 1. The number of hydrogen-bond acceptors (Lipinski definition) is 5. The second-order valence-electron chi connectivity index (χ2n) is 7.80. The molecule has 1 N–H and O–H groups in total. The first kappa shape index (κ1) is 21.6. The van der Waals surface area contributed by atoms with Crippen molar-refractivity contribution < 1.29 is 9.47 Å². The van der Waals surface area contributed by atoms with Gasteiger partial charge in [0.25, 0.3) is 0 Å². The molecular weight excluding hydrogens is 442 g/mol. The van der Waals surface area contributed by atoms with E-state index in [9.17, 15) is 0 Å². The fraction of sp³-hybridized carbons (Fsp3) is 0.320. The molecule has 0 unspecified atom stereocenters. The van der Waals surface area contributed by atoms with Crippen LogP contribution in [0.2, 0.25) is 5.02 Å². The van der Waals surface area contributed by atoms with E-state index < -0.39 is 0 Å². The molecule has 0 atom stereocenters. The van der Waals surface area contributed by atoms with Crippen LogP contribution < -0.4 is 4.74 Å². The summed E-state index contributed by atoms with van der Waals surface area (Å²) in [6, 6.07) is 14.9. The standard InChI is InChI=1S/C25H26ClN3O2S/c1-2-32-19-5-3-4-17(14-19)20-6-7-22(31-13-10-29-8-11-30-12-9-29)24-23(20)21-15-18(26)16-27-25(21)28-24/h3-7,14-16H,2,8-13H2,1H3,(H,27,28). The predicted molar refractivity (Wildman–Crippen MR) is 133 cm³/mol. The van der Waals surface area contributed by atoms with Crippen LogP contribution in [0, 0.1) is 0 Å². The van der Waals surface area contributed by atoms with Gasteiger partial charge in [-0.1, -0.05) is 30.7 Å². The van der Waals surface area contributed by atoms with Gasteiger partial charge in [-0.3, -0.25) is 4.90 Å². The zero-order valence-corrected chi connectivity index (χ0v) is 19.6. The van der Waals surface area contributed by atoms with Crippen molar-refractivity contribution in [1.29, 1.82) is 0 Å². The number of nitrogens with zero attached hydrogens (tertiary/aromatic N) is 2. The van der Waals surface area contributed by atoms with Gasteiger partial charge >= 0.3 is 0 Å². The van der Waals surface area contributed by atoms with E-state index in [-0.39, 0.29) is 0 Å². The summed E-state index contributed by atoms with van der Waals surface area (Å²) in [6.45, 7) is 7.18. The Bertz CT molecular complexity index is 1240. The van der Waals surface area contributed by atoms with Gasteiger partial charge in [0.15, 0.2) is 0 Å². The van der Waals surface area contributed by atoms with E-state index in [0.717, 1.165) is 71.9 Å². The molecule has 1 aliphatic rings. The van der Waals surface area contributed by atoms with E-state index in [1.54, 1.807) is 6.20 Å². The van der Waals surface area contributed by atoms with Crippen LogP contribution in [-0.4, -0.2) is 60.1 Å². The molecule has 0 bridgehead atoms. The Kier molecular flexibility index (Phi) is 6.55. The van der Waals surface area contributed by atoms with Crippen molar-refractivity contribution in [3.63, 3.8) is 0 Å². The smallest absolute Gasteiger partial charge is 0.143 e. The van der Waals surface area contributed by atoms with E-state index in [2.05, 4.69) is 58.2 Å². The lowest BCUT2D eigenvalue weighted by Crippen LogP contribution is -2.38. The summed E-state index contributed by atoms with van der Waals surface area (Å²) in [5, 5.41) is 2.73. The van der Waals surface area contributed by atoms with Crippen LogP contribution in [0.4, 0.5) is 0 Å². The van der Waals surface area contributed by atoms with Crippen LogP contribution in [-0.2, 0) is 4.74 Å². The number of ether oxygens (including phenoxy) is 2. The number of fused-ring (bicyclic) bond motifs is 3. The molecule has 1 saturated heterocycles. The molecule has 1 fully saturated rings. The highest BCUT2D eigenvalue weighted by atomic mass is 35.5. The first-order valence-electron chi connectivity index (χ1n) is 11.0. The molecule has 4 aromatic rings. The Hall–Kier alpha value is -2.25. The lowest BCUT2D eigenvalue weighted by Gasteiger charge is -2.26. The Morgan fingerprint density at radius 3 is 2.91 bits per heavy atom. The lowest BCUT2D eigenvalue weighted by molar-refractivity contribution is 0.0323. The fourth-order valence-corrected chi connectivity index (χ4v) is 5.10. The number of morpholine rings is 1. The molecular formula is C25H26ClN3O2S. The third-order valence-corrected chi connectivity index (χ3v) is 6.84. The van der Waals surface area contributed by atoms with Gasteiger partial charge < -0.3 is 14.5 Å². The first-order chi connectivity index (χ1) is 15.7. The Morgan fingerprint density at radius 1 is 1.19 bits per heavy atom. The summed E-state index contributed by atoms with van der Waals surface area (Å²) >= 11 is 8.17. The molecule has 5 rings (SSSR count). The number of hydrogen-bond donors (Lipinski definition) is 1. The predicted octanol–water partition coefficient (Wildman–Crippen LogP) is 5.86. The SMILES string of the molecule is CCSc1cccc(-c2ccc(OCCN3CCOCC3)c3[nH]c4ncc(Cl)cc4c23)c1. The maximum atomic E-state index is 6.32. The molecule has 5 nitrogen and oxygen atoms in total. The summed E-state index contributed by atoms with van der Waals surface area (Å²) in [6.07, 6.45) is 1.68. The molecule has 0 spiro atoms. The van der Waals surface area contributed by atoms with Gasteiger partial charge in [0.1, 0.15) is 18.0 Å². The molecule has 0 radical (unpaired) electrons. The van der Waals surface area contributed by atoms with Crippen LogP contribution >= 0.6 is 23.4 Å². The molecule has 0 amide bonds. The lowest BCUT2D eigenvalue weighted by atomic mass is 9.99. The third kappa shape index (κ3) is 4.46. The minimum absolute atomic E-state index is 0.623. The van der Waals surface area contributed by atoms with Gasteiger partial charge in [-0.2, -0.15) is 0 Å². The Morgan fingerprint density at radius 2 is 2.06 bits per heavy atom. The number of pyridine rings is 1. The highest BCUT2D eigenvalue weighted by Gasteiger charge is 2.17. The molecule has 0 aliphatic carbocycles. The normalized spacial score (nSPS) is 14.9. The second kappa shape index (κ2) is 9.71. The number of aromatic nitrogens is 2. The zero-order valence-electron chi connectivity index (χ0n) is 18.1. The molecule has 1 aliphatic heterocycles. The highest BCUT2D eigenvalue weighted by Crippen LogP contribution is 2.40. The maximum absolute atomic E-state index is 6.32. The minimum Gasteiger partial charge on any atom is -0.490 e. The van der Waals surface area contributed by atoms with E-state index in [1.807, 2.05) is 17.8 Å². The maximum Gasteiger partial charge on any atom is 0.143 e. The summed E-state index contributed by atoms with van der Waals surface area (Å²) in [5.74, 6) is 1.88. The molecule has 2 aromatic carbocycles.